The number of hydrogen-bond donors (Lipinski definition) is 2. The molecule has 5 heteroatoms. The Morgan fingerprint density at radius 2 is 2.00 bits per heavy atom. The van der Waals surface area contributed by atoms with E-state index < -0.39 is 0 Å². The summed E-state index contributed by atoms with van der Waals surface area (Å²) in [6.45, 7) is 2.03. The molecule has 22 heavy (non-hydrogen) atoms. The lowest BCUT2D eigenvalue weighted by Crippen LogP contribution is -2.49. The van der Waals surface area contributed by atoms with E-state index in [0.29, 0.717) is 18.2 Å². The van der Waals surface area contributed by atoms with Crippen molar-refractivity contribution in [1.82, 2.24) is 15.5 Å². The average Bonchev–Trinajstić information content (AvgIpc) is 3.17. The number of nitrogens with one attached hydrogen (secondary N) is 2. The summed E-state index contributed by atoms with van der Waals surface area (Å²) in [7, 11) is 4.12. The Balaban J connectivity index is 1.36. The van der Waals surface area contributed by atoms with E-state index in [4.69, 9.17) is 4.74 Å². The van der Waals surface area contributed by atoms with Crippen molar-refractivity contribution < 1.29 is 4.74 Å². The van der Waals surface area contributed by atoms with Gasteiger partial charge >= 0.3 is 0 Å². The number of nitrogens with zero attached hydrogens (tertiary/aromatic N) is 2. The monoisotopic (exact) mass is 308 g/mol. The summed E-state index contributed by atoms with van der Waals surface area (Å²) in [4.78, 5) is 6.88. The number of aliphatic imine (C=N–C) groups is 1. The van der Waals surface area contributed by atoms with Crippen LogP contribution in [0.5, 0.6) is 0 Å². The van der Waals surface area contributed by atoms with Gasteiger partial charge in [0.2, 0.25) is 0 Å². The molecule has 0 aromatic rings. The largest absolute Gasteiger partial charge is 0.373 e. The van der Waals surface area contributed by atoms with E-state index >= 15 is 0 Å². The SMILES string of the molecule is CN=C(NCCN(C)C1CCCCC1)NC1CC2CCC1O2. The molecule has 2 aliphatic heterocycles. The van der Waals surface area contributed by atoms with E-state index in [1.807, 2.05) is 7.05 Å². The zero-order valence-electron chi connectivity index (χ0n) is 14.2. The normalized spacial score (nSPS) is 32.7. The highest BCUT2D eigenvalue weighted by atomic mass is 16.5. The van der Waals surface area contributed by atoms with Crippen LogP contribution in [-0.2, 0) is 4.74 Å². The molecule has 2 saturated heterocycles. The molecule has 1 aliphatic carbocycles. The summed E-state index contributed by atoms with van der Waals surface area (Å²) in [5.74, 6) is 0.929. The molecule has 3 atom stereocenters. The van der Waals surface area contributed by atoms with Gasteiger partial charge in [-0.3, -0.25) is 4.99 Å². The van der Waals surface area contributed by atoms with Gasteiger partial charge in [-0.05, 0) is 39.2 Å². The van der Waals surface area contributed by atoms with Crippen LogP contribution in [0.1, 0.15) is 51.4 Å². The summed E-state index contributed by atoms with van der Waals surface area (Å²) in [5.41, 5.74) is 0. The van der Waals surface area contributed by atoms with Crippen LogP contribution in [0.4, 0.5) is 0 Å². The van der Waals surface area contributed by atoms with Gasteiger partial charge in [-0.15, -0.1) is 0 Å². The first-order valence-electron chi connectivity index (χ1n) is 9.09. The fourth-order valence-electron chi connectivity index (χ4n) is 4.22. The molecule has 0 aromatic carbocycles. The number of fused-ring (bicyclic) bond motifs is 2. The van der Waals surface area contributed by atoms with Gasteiger partial charge in [0.1, 0.15) is 0 Å². The summed E-state index contributed by atoms with van der Waals surface area (Å²) in [6.07, 6.45) is 11.4. The summed E-state index contributed by atoms with van der Waals surface area (Å²) in [6, 6.07) is 1.23. The molecular formula is C17H32N4O. The van der Waals surface area contributed by atoms with E-state index in [2.05, 4.69) is 27.6 Å². The minimum absolute atomic E-state index is 0.397. The number of hydrogen-bond acceptors (Lipinski definition) is 3. The van der Waals surface area contributed by atoms with Crippen molar-refractivity contribution in [2.45, 2.75) is 75.7 Å². The predicted octanol–water partition coefficient (Wildman–Crippen LogP) is 1.74. The molecule has 0 radical (unpaired) electrons. The van der Waals surface area contributed by atoms with Gasteiger partial charge in [-0.2, -0.15) is 0 Å². The Bertz CT molecular complexity index is 381. The first kappa shape index (κ1) is 16.1. The Hall–Kier alpha value is -0.810. The van der Waals surface area contributed by atoms with Gasteiger partial charge in [0.15, 0.2) is 5.96 Å². The topological polar surface area (TPSA) is 48.9 Å². The molecule has 0 spiro atoms. The highest BCUT2D eigenvalue weighted by Crippen LogP contribution is 2.34. The maximum absolute atomic E-state index is 5.90. The molecule has 1 saturated carbocycles. The fourth-order valence-corrected chi connectivity index (χ4v) is 4.22. The van der Waals surface area contributed by atoms with Crippen molar-refractivity contribution in [3.05, 3.63) is 0 Å². The van der Waals surface area contributed by atoms with Gasteiger partial charge in [0.05, 0.1) is 18.2 Å². The standard InChI is InChI=1S/C17H32N4O/c1-18-17(20-15-12-14-8-9-16(15)22-14)19-10-11-21(2)13-6-4-3-5-7-13/h13-16H,3-12H2,1-2H3,(H2,18,19,20). The van der Waals surface area contributed by atoms with Crippen LogP contribution in [-0.4, -0.2) is 62.3 Å². The minimum atomic E-state index is 0.397. The molecule has 2 N–H and O–H groups in total. The van der Waals surface area contributed by atoms with E-state index in [1.54, 1.807) is 0 Å². The highest BCUT2D eigenvalue weighted by molar-refractivity contribution is 5.80. The van der Waals surface area contributed by atoms with E-state index in [0.717, 1.165) is 31.5 Å². The number of guanidine groups is 1. The van der Waals surface area contributed by atoms with Gasteiger partial charge < -0.3 is 20.3 Å². The lowest BCUT2D eigenvalue weighted by Gasteiger charge is -2.31. The third-order valence-corrected chi connectivity index (χ3v) is 5.61. The average molecular weight is 308 g/mol. The van der Waals surface area contributed by atoms with Crippen LogP contribution in [0, 0.1) is 0 Å². The third kappa shape index (κ3) is 3.93. The Kier molecular flexibility index (Phi) is 5.58. The van der Waals surface area contributed by atoms with Crippen molar-refractivity contribution in [3.63, 3.8) is 0 Å². The van der Waals surface area contributed by atoms with Gasteiger partial charge in [0, 0.05) is 26.2 Å². The zero-order chi connectivity index (χ0) is 15.4. The van der Waals surface area contributed by atoms with Crippen LogP contribution in [0.25, 0.3) is 0 Å². The predicted molar refractivity (Wildman–Crippen MR) is 90.3 cm³/mol. The number of rotatable bonds is 5. The first-order chi connectivity index (χ1) is 10.8. The van der Waals surface area contributed by atoms with Crippen molar-refractivity contribution in [2.24, 2.45) is 4.99 Å². The molecule has 3 unspecified atom stereocenters. The molecule has 2 bridgehead atoms. The summed E-state index contributed by atoms with van der Waals surface area (Å²) in [5, 5.41) is 7.01. The second-order valence-electron chi connectivity index (χ2n) is 7.13. The second kappa shape index (κ2) is 7.64. The molecule has 3 fully saturated rings. The van der Waals surface area contributed by atoms with E-state index in [-0.39, 0.29) is 0 Å². The molecular weight excluding hydrogens is 276 g/mol. The Labute approximate surface area is 134 Å². The molecule has 2 heterocycles. The third-order valence-electron chi connectivity index (χ3n) is 5.61. The highest BCUT2D eigenvalue weighted by Gasteiger charge is 2.41. The van der Waals surface area contributed by atoms with Gasteiger partial charge in [0.25, 0.3) is 0 Å². The Morgan fingerprint density at radius 3 is 2.64 bits per heavy atom. The lowest BCUT2D eigenvalue weighted by molar-refractivity contribution is 0.0992. The lowest BCUT2D eigenvalue weighted by atomic mass is 9.94. The fraction of sp³-hybridized carbons (Fsp3) is 0.941. The number of likely N-dealkylation sites (N-methyl/N-ethyl adjacent to an activating group) is 1. The Morgan fingerprint density at radius 1 is 1.18 bits per heavy atom. The zero-order valence-corrected chi connectivity index (χ0v) is 14.2. The van der Waals surface area contributed by atoms with Gasteiger partial charge in [-0.1, -0.05) is 19.3 Å². The van der Waals surface area contributed by atoms with Crippen LogP contribution < -0.4 is 10.6 Å². The van der Waals surface area contributed by atoms with Crippen LogP contribution in [0.2, 0.25) is 0 Å². The van der Waals surface area contributed by atoms with Crippen molar-refractivity contribution in [3.8, 4) is 0 Å². The number of ether oxygens (including phenoxy) is 1. The maximum atomic E-state index is 5.90. The molecule has 3 rings (SSSR count). The molecule has 0 aromatic heterocycles. The van der Waals surface area contributed by atoms with Crippen molar-refractivity contribution >= 4 is 5.96 Å². The van der Waals surface area contributed by atoms with E-state index in [1.165, 1.54) is 44.9 Å². The van der Waals surface area contributed by atoms with Crippen molar-refractivity contribution in [2.75, 3.05) is 27.2 Å². The molecule has 126 valence electrons. The van der Waals surface area contributed by atoms with E-state index in [9.17, 15) is 0 Å². The second-order valence-corrected chi connectivity index (χ2v) is 7.13. The first-order valence-corrected chi connectivity index (χ1v) is 9.09. The smallest absolute Gasteiger partial charge is 0.191 e. The quantitative estimate of drug-likeness (QED) is 0.600. The summed E-state index contributed by atoms with van der Waals surface area (Å²) < 4.78 is 5.90. The van der Waals surface area contributed by atoms with Crippen LogP contribution >= 0.6 is 0 Å². The van der Waals surface area contributed by atoms with Crippen LogP contribution in [0.3, 0.4) is 0 Å². The summed E-state index contributed by atoms with van der Waals surface area (Å²) >= 11 is 0. The maximum Gasteiger partial charge on any atom is 0.191 e. The molecule has 0 amide bonds. The van der Waals surface area contributed by atoms with Crippen LogP contribution in [0.15, 0.2) is 4.99 Å². The minimum Gasteiger partial charge on any atom is -0.373 e. The molecule has 3 aliphatic rings. The van der Waals surface area contributed by atoms with Gasteiger partial charge in [-0.25, -0.2) is 0 Å². The molecule has 5 nitrogen and oxygen atoms in total. The van der Waals surface area contributed by atoms with Crippen molar-refractivity contribution in [1.29, 1.82) is 0 Å².